The molecule has 0 amide bonds. The molecule has 188 valence electrons. The average Bonchev–Trinajstić information content (AvgIpc) is 3.16. The second-order valence-electron chi connectivity index (χ2n) is 7.70. The number of carbonyl (C=O) groups excluding carboxylic acids is 1. The third-order valence-corrected chi connectivity index (χ3v) is 7.47. The van der Waals surface area contributed by atoms with Crippen LogP contribution in [0.25, 0.3) is 6.08 Å². The molecule has 0 saturated heterocycles. The van der Waals surface area contributed by atoms with E-state index < -0.39 is 12.0 Å². The number of benzene rings is 2. The minimum absolute atomic E-state index is 0.228. The van der Waals surface area contributed by atoms with Crippen LogP contribution in [0.3, 0.4) is 0 Å². The molecule has 4 rings (SSSR count). The molecule has 1 aliphatic rings. The van der Waals surface area contributed by atoms with Crippen LogP contribution in [0, 0.1) is 0 Å². The van der Waals surface area contributed by atoms with Gasteiger partial charge >= 0.3 is 5.97 Å². The number of ether oxygens (including phenoxy) is 4. The van der Waals surface area contributed by atoms with Crippen molar-refractivity contribution in [3.05, 3.63) is 81.9 Å². The average molecular weight is 594 g/mol. The van der Waals surface area contributed by atoms with Gasteiger partial charge < -0.3 is 18.9 Å². The maximum atomic E-state index is 13.8. The van der Waals surface area contributed by atoms with E-state index in [0.717, 1.165) is 0 Å². The summed E-state index contributed by atoms with van der Waals surface area (Å²) >= 11 is 11.0. The van der Waals surface area contributed by atoms with Crippen molar-refractivity contribution in [3.8, 4) is 17.2 Å². The highest BCUT2D eigenvalue weighted by molar-refractivity contribution is 9.10. The van der Waals surface area contributed by atoms with Gasteiger partial charge in [-0.05, 0) is 64.8 Å². The number of halogens is 2. The Morgan fingerprint density at radius 3 is 2.47 bits per heavy atom. The Kier molecular flexibility index (Phi) is 7.58. The van der Waals surface area contributed by atoms with Crippen molar-refractivity contribution < 1.29 is 23.7 Å². The molecule has 0 unspecified atom stereocenters. The van der Waals surface area contributed by atoms with Crippen LogP contribution in [-0.2, 0) is 9.53 Å². The summed E-state index contributed by atoms with van der Waals surface area (Å²) in [5.41, 5.74) is 1.60. The van der Waals surface area contributed by atoms with E-state index in [2.05, 4.69) is 20.9 Å². The fourth-order valence-corrected chi connectivity index (χ4v) is 5.93. The number of hydrogen-bond donors (Lipinski definition) is 0. The number of allylic oxidation sites excluding steroid dienone is 1. The zero-order chi connectivity index (χ0) is 26.1. The van der Waals surface area contributed by atoms with E-state index in [-0.39, 0.29) is 11.1 Å². The smallest absolute Gasteiger partial charge is 0.338 e. The summed E-state index contributed by atoms with van der Waals surface area (Å²) in [6, 6.07) is 7.79. The zero-order valence-corrected chi connectivity index (χ0v) is 23.2. The molecule has 2 aromatic carbocycles. The summed E-state index contributed by atoms with van der Waals surface area (Å²) in [7, 11) is 5.89. The molecule has 1 atom stereocenters. The lowest BCUT2D eigenvalue weighted by Crippen LogP contribution is -2.40. The highest BCUT2D eigenvalue weighted by Gasteiger charge is 2.35. The number of thiazole rings is 1. The van der Waals surface area contributed by atoms with E-state index in [1.54, 1.807) is 44.4 Å². The number of carbonyl (C=O) groups is 1. The van der Waals surface area contributed by atoms with Crippen molar-refractivity contribution in [1.29, 1.82) is 0 Å². The first kappa shape index (κ1) is 26.0. The Morgan fingerprint density at radius 1 is 1.11 bits per heavy atom. The molecular weight excluding hydrogens is 572 g/mol. The Bertz CT molecular complexity index is 1580. The summed E-state index contributed by atoms with van der Waals surface area (Å²) in [6.45, 7) is 1.71. The highest BCUT2D eigenvalue weighted by Crippen LogP contribution is 2.38. The van der Waals surface area contributed by atoms with Gasteiger partial charge in [0, 0.05) is 10.6 Å². The van der Waals surface area contributed by atoms with Crippen molar-refractivity contribution in [1.82, 2.24) is 4.57 Å². The topological polar surface area (TPSA) is 88.4 Å². The molecule has 0 N–H and O–H groups in total. The van der Waals surface area contributed by atoms with E-state index in [4.69, 9.17) is 30.5 Å². The third kappa shape index (κ3) is 4.56. The van der Waals surface area contributed by atoms with E-state index in [1.807, 2.05) is 6.07 Å². The SMILES string of the molecule is COC(=O)C1=C(C)N=c2s/c(=C\c3cc(Br)c(OC)c(OC)c3)c(=O)n2[C@H]1c1cc(Cl)ccc1OC. The first-order valence-electron chi connectivity index (χ1n) is 10.6. The van der Waals surface area contributed by atoms with Crippen LogP contribution in [0.2, 0.25) is 5.02 Å². The van der Waals surface area contributed by atoms with E-state index in [9.17, 15) is 9.59 Å². The van der Waals surface area contributed by atoms with Gasteiger partial charge in [0.1, 0.15) is 11.8 Å². The fraction of sp³-hybridized carbons (Fsp3) is 0.240. The number of esters is 1. The number of fused-ring (bicyclic) bond motifs is 1. The van der Waals surface area contributed by atoms with Gasteiger partial charge in [-0.2, -0.15) is 0 Å². The molecule has 3 aromatic rings. The molecule has 0 spiro atoms. The van der Waals surface area contributed by atoms with Gasteiger partial charge in [0.2, 0.25) is 0 Å². The number of methoxy groups -OCH3 is 4. The molecule has 11 heteroatoms. The number of hydrogen-bond acceptors (Lipinski definition) is 8. The van der Waals surface area contributed by atoms with E-state index in [0.29, 0.717) is 52.9 Å². The monoisotopic (exact) mass is 592 g/mol. The Morgan fingerprint density at radius 2 is 1.83 bits per heavy atom. The molecule has 0 bridgehead atoms. The highest BCUT2D eigenvalue weighted by atomic mass is 79.9. The first-order chi connectivity index (χ1) is 17.2. The normalized spacial score (nSPS) is 15.3. The zero-order valence-electron chi connectivity index (χ0n) is 20.0. The summed E-state index contributed by atoms with van der Waals surface area (Å²) in [4.78, 5) is 31.6. The van der Waals surface area contributed by atoms with E-state index in [1.165, 1.54) is 37.2 Å². The van der Waals surface area contributed by atoms with Crippen molar-refractivity contribution in [2.45, 2.75) is 13.0 Å². The van der Waals surface area contributed by atoms with Crippen LogP contribution in [0.1, 0.15) is 24.1 Å². The third-order valence-electron chi connectivity index (χ3n) is 5.67. The van der Waals surface area contributed by atoms with Gasteiger partial charge in [-0.3, -0.25) is 9.36 Å². The number of rotatable bonds is 6. The summed E-state index contributed by atoms with van der Waals surface area (Å²) in [5.74, 6) is 0.930. The molecule has 2 heterocycles. The summed E-state index contributed by atoms with van der Waals surface area (Å²) in [5, 5.41) is 0.432. The molecule has 8 nitrogen and oxygen atoms in total. The maximum absolute atomic E-state index is 13.8. The van der Waals surface area contributed by atoms with Gasteiger partial charge in [-0.15, -0.1) is 0 Å². The standard InChI is InChI=1S/C25H22BrClN2O6S/c1-12-20(24(31)35-5)21(15-11-14(27)6-7-17(15)32-2)29-23(30)19(36-25(29)28-12)10-13-8-16(26)22(34-4)18(9-13)33-3/h6-11,21H,1-5H3/b19-10-/t21-/m0/s1. The van der Waals surface area contributed by atoms with Crippen LogP contribution >= 0.6 is 38.9 Å². The van der Waals surface area contributed by atoms with Gasteiger partial charge in [-0.1, -0.05) is 22.9 Å². The van der Waals surface area contributed by atoms with Crippen LogP contribution in [-0.4, -0.2) is 39.0 Å². The predicted octanol–water partition coefficient (Wildman–Crippen LogP) is 3.85. The van der Waals surface area contributed by atoms with Crippen molar-refractivity contribution >= 4 is 50.9 Å². The molecule has 0 radical (unpaired) electrons. The van der Waals surface area contributed by atoms with Crippen LogP contribution in [0.5, 0.6) is 17.2 Å². The minimum Gasteiger partial charge on any atom is -0.496 e. The van der Waals surface area contributed by atoms with Crippen molar-refractivity contribution in [2.75, 3.05) is 28.4 Å². The van der Waals surface area contributed by atoms with Gasteiger partial charge in [0.15, 0.2) is 16.3 Å². The van der Waals surface area contributed by atoms with Crippen molar-refractivity contribution in [2.24, 2.45) is 4.99 Å². The first-order valence-corrected chi connectivity index (χ1v) is 12.6. The Balaban J connectivity index is 2.01. The Hall–Kier alpha value is -3.08. The van der Waals surface area contributed by atoms with Crippen LogP contribution in [0.4, 0.5) is 0 Å². The lowest BCUT2D eigenvalue weighted by molar-refractivity contribution is -0.136. The number of aromatic nitrogens is 1. The number of nitrogens with zero attached hydrogens (tertiary/aromatic N) is 2. The lowest BCUT2D eigenvalue weighted by Gasteiger charge is -2.25. The lowest BCUT2D eigenvalue weighted by atomic mass is 9.95. The molecule has 1 aliphatic heterocycles. The van der Waals surface area contributed by atoms with Crippen LogP contribution in [0.15, 0.2) is 55.9 Å². The minimum atomic E-state index is -0.846. The second-order valence-corrected chi connectivity index (χ2v) is 10.00. The molecule has 36 heavy (non-hydrogen) atoms. The summed E-state index contributed by atoms with van der Waals surface area (Å²) in [6.07, 6.45) is 1.74. The van der Waals surface area contributed by atoms with Gasteiger partial charge in [0.05, 0.1) is 48.7 Å². The van der Waals surface area contributed by atoms with Crippen molar-refractivity contribution in [3.63, 3.8) is 0 Å². The van der Waals surface area contributed by atoms with Gasteiger partial charge in [-0.25, -0.2) is 9.79 Å². The molecule has 0 aliphatic carbocycles. The Labute approximate surface area is 224 Å². The molecular formula is C25H22BrClN2O6S. The molecule has 1 aromatic heterocycles. The molecule has 0 fully saturated rings. The largest absolute Gasteiger partial charge is 0.496 e. The summed E-state index contributed by atoms with van der Waals surface area (Å²) < 4.78 is 24.0. The van der Waals surface area contributed by atoms with E-state index >= 15 is 0 Å². The van der Waals surface area contributed by atoms with Gasteiger partial charge in [0.25, 0.3) is 5.56 Å². The second kappa shape index (κ2) is 10.5. The quantitative estimate of drug-likeness (QED) is 0.404. The fourth-order valence-electron chi connectivity index (χ4n) is 4.08. The molecule has 0 saturated carbocycles. The predicted molar refractivity (Wildman–Crippen MR) is 141 cm³/mol. The maximum Gasteiger partial charge on any atom is 0.338 e. The van der Waals surface area contributed by atoms with Crippen LogP contribution < -0.4 is 29.1 Å².